The lowest BCUT2D eigenvalue weighted by Gasteiger charge is -2.14. The van der Waals surface area contributed by atoms with Crippen LogP contribution in [0.1, 0.15) is 32.8 Å². The van der Waals surface area contributed by atoms with Gasteiger partial charge in [-0.3, -0.25) is 4.79 Å². The van der Waals surface area contributed by atoms with E-state index in [1.807, 2.05) is 32.2 Å². The molecule has 1 atom stereocenters. The summed E-state index contributed by atoms with van der Waals surface area (Å²) in [5.41, 5.74) is 0.989. The number of nitrogens with one attached hydrogen (secondary N) is 2. The molecule has 1 aromatic rings. The summed E-state index contributed by atoms with van der Waals surface area (Å²) in [6.45, 7) is 8.06. The molecule has 0 saturated carbocycles. The molecule has 2 N–H and O–H groups in total. The Morgan fingerprint density at radius 3 is 2.57 bits per heavy atom. The third-order valence-electron chi connectivity index (χ3n) is 3.61. The number of ether oxygens (including phenoxy) is 2. The molecule has 1 amide bonds. The topological polar surface area (TPSA) is 59.6 Å². The van der Waals surface area contributed by atoms with Crippen molar-refractivity contribution in [1.29, 1.82) is 0 Å². The van der Waals surface area contributed by atoms with Crippen LogP contribution in [0.15, 0.2) is 18.2 Å². The Kier molecular flexibility index (Phi) is 8.48. The minimum Gasteiger partial charge on any atom is -0.493 e. The zero-order valence-electron chi connectivity index (χ0n) is 14.9. The Balaban J connectivity index is 2.59. The van der Waals surface area contributed by atoms with Gasteiger partial charge in [-0.1, -0.05) is 26.8 Å². The number of benzene rings is 1. The number of carbonyl (C=O) groups excluding carboxylic acids is 1. The van der Waals surface area contributed by atoms with Gasteiger partial charge in [0, 0.05) is 19.0 Å². The molecular formula is C18H30N2O3. The van der Waals surface area contributed by atoms with Gasteiger partial charge in [-0.2, -0.15) is 0 Å². The molecule has 5 nitrogen and oxygen atoms in total. The van der Waals surface area contributed by atoms with E-state index in [1.165, 1.54) is 0 Å². The molecule has 1 unspecified atom stereocenters. The summed E-state index contributed by atoms with van der Waals surface area (Å²) in [5.74, 6) is 2.03. The number of methoxy groups -OCH3 is 1. The molecule has 5 heteroatoms. The van der Waals surface area contributed by atoms with Gasteiger partial charge in [0.2, 0.25) is 5.91 Å². The molecule has 1 aromatic carbocycles. The Morgan fingerprint density at radius 1 is 1.22 bits per heavy atom. The lowest BCUT2D eigenvalue weighted by atomic mass is 10.1. The summed E-state index contributed by atoms with van der Waals surface area (Å²) in [6, 6.07) is 5.77. The number of rotatable bonds is 10. The van der Waals surface area contributed by atoms with E-state index < -0.39 is 0 Å². The molecule has 0 spiro atoms. The maximum Gasteiger partial charge on any atom is 0.224 e. The predicted octanol–water partition coefficient (Wildman–Crippen LogP) is 2.59. The number of carbonyl (C=O) groups is 1. The molecule has 0 bridgehead atoms. The minimum absolute atomic E-state index is 0.0376. The molecule has 1 rings (SSSR count). The first-order valence-corrected chi connectivity index (χ1v) is 8.20. The van der Waals surface area contributed by atoms with Gasteiger partial charge in [0.15, 0.2) is 11.5 Å². The molecule has 0 aliphatic heterocycles. The monoisotopic (exact) mass is 322 g/mol. The second kappa shape index (κ2) is 10.1. The molecular weight excluding hydrogens is 292 g/mol. The fraction of sp³-hybridized carbons (Fsp3) is 0.611. The maximum absolute atomic E-state index is 11.9. The van der Waals surface area contributed by atoms with Crippen molar-refractivity contribution in [3.63, 3.8) is 0 Å². The Bertz CT molecular complexity index is 489. The molecule has 0 saturated heterocycles. The zero-order valence-corrected chi connectivity index (χ0v) is 14.9. The van der Waals surface area contributed by atoms with Crippen molar-refractivity contribution in [3.05, 3.63) is 23.8 Å². The fourth-order valence-electron chi connectivity index (χ4n) is 2.11. The summed E-state index contributed by atoms with van der Waals surface area (Å²) in [7, 11) is 3.47. The number of amides is 1. The first-order valence-electron chi connectivity index (χ1n) is 8.20. The Hall–Kier alpha value is -1.75. The molecule has 0 aromatic heterocycles. The summed E-state index contributed by atoms with van der Waals surface area (Å²) < 4.78 is 11.2. The van der Waals surface area contributed by atoms with E-state index in [0.717, 1.165) is 17.7 Å². The smallest absolute Gasteiger partial charge is 0.224 e. The average Bonchev–Trinajstić information content (AvgIpc) is 2.53. The highest BCUT2D eigenvalue weighted by Crippen LogP contribution is 2.28. The molecule has 0 heterocycles. The van der Waals surface area contributed by atoms with E-state index in [1.54, 1.807) is 7.11 Å². The van der Waals surface area contributed by atoms with Crippen molar-refractivity contribution in [3.8, 4) is 11.5 Å². The second-order valence-corrected chi connectivity index (χ2v) is 6.19. The van der Waals surface area contributed by atoms with Crippen LogP contribution in [0.25, 0.3) is 0 Å². The van der Waals surface area contributed by atoms with Crippen molar-refractivity contribution in [2.24, 2.45) is 11.8 Å². The first-order chi connectivity index (χ1) is 11.0. The van der Waals surface area contributed by atoms with Gasteiger partial charge >= 0.3 is 0 Å². The summed E-state index contributed by atoms with van der Waals surface area (Å²) in [4.78, 5) is 11.9. The van der Waals surface area contributed by atoms with Gasteiger partial charge in [0.1, 0.15) is 0 Å². The number of hydrogen-bond acceptors (Lipinski definition) is 4. The van der Waals surface area contributed by atoms with Crippen molar-refractivity contribution in [2.45, 2.75) is 33.7 Å². The third kappa shape index (κ3) is 6.91. The standard InChI is InChI=1S/C18H30N2O3/c1-13(2)8-9-23-16-7-6-15(10-17(16)22-5)12-20-18(21)14(3)11-19-4/h6-7,10,13-14,19H,8-9,11-12H2,1-5H3,(H,20,21). The van der Waals surface area contributed by atoms with Gasteiger partial charge < -0.3 is 20.1 Å². The van der Waals surface area contributed by atoms with Gasteiger partial charge in [-0.15, -0.1) is 0 Å². The largest absolute Gasteiger partial charge is 0.493 e. The third-order valence-corrected chi connectivity index (χ3v) is 3.61. The SMILES string of the molecule is CNCC(C)C(=O)NCc1ccc(OCCC(C)C)c(OC)c1. The molecule has 23 heavy (non-hydrogen) atoms. The van der Waals surface area contributed by atoms with Gasteiger partial charge in [-0.25, -0.2) is 0 Å². The highest BCUT2D eigenvalue weighted by Gasteiger charge is 2.12. The van der Waals surface area contributed by atoms with Crippen LogP contribution >= 0.6 is 0 Å². The van der Waals surface area contributed by atoms with Crippen LogP contribution in [0.2, 0.25) is 0 Å². The van der Waals surface area contributed by atoms with Gasteiger partial charge in [0.25, 0.3) is 0 Å². The van der Waals surface area contributed by atoms with Crippen LogP contribution in [0, 0.1) is 11.8 Å². The van der Waals surface area contributed by atoms with E-state index in [2.05, 4.69) is 24.5 Å². The van der Waals surface area contributed by atoms with E-state index in [4.69, 9.17) is 9.47 Å². The molecule has 130 valence electrons. The Morgan fingerprint density at radius 2 is 1.96 bits per heavy atom. The molecule has 0 fully saturated rings. The van der Waals surface area contributed by atoms with Crippen LogP contribution in [0.3, 0.4) is 0 Å². The highest BCUT2D eigenvalue weighted by atomic mass is 16.5. The molecule has 0 aliphatic carbocycles. The van der Waals surface area contributed by atoms with Crippen LogP contribution < -0.4 is 20.1 Å². The fourth-order valence-corrected chi connectivity index (χ4v) is 2.11. The van der Waals surface area contributed by atoms with Crippen LogP contribution in [-0.2, 0) is 11.3 Å². The van der Waals surface area contributed by atoms with E-state index in [9.17, 15) is 4.79 Å². The number of hydrogen-bond donors (Lipinski definition) is 2. The summed E-state index contributed by atoms with van der Waals surface area (Å²) in [5, 5.41) is 5.94. The summed E-state index contributed by atoms with van der Waals surface area (Å²) in [6.07, 6.45) is 1.00. The Labute approximate surface area is 139 Å². The molecule has 0 radical (unpaired) electrons. The van der Waals surface area contributed by atoms with Crippen molar-refractivity contribution < 1.29 is 14.3 Å². The van der Waals surface area contributed by atoms with Crippen molar-refractivity contribution in [1.82, 2.24) is 10.6 Å². The van der Waals surface area contributed by atoms with E-state index >= 15 is 0 Å². The predicted molar refractivity (Wildman–Crippen MR) is 92.9 cm³/mol. The van der Waals surface area contributed by atoms with Gasteiger partial charge in [0.05, 0.1) is 13.7 Å². The van der Waals surface area contributed by atoms with Crippen LogP contribution in [-0.4, -0.2) is 33.2 Å². The average molecular weight is 322 g/mol. The summed E-state index contributed by atoms with van der Waals surface area (Å²) >= 11 is 0. The zero-order chi connectivity index (χ0) is 17.2. The van der Waals surface area contributed by atoms with Crippen LogP contribution in [0.4, 0.5) is 0 Å². The lowest BCUT2D eigenvalue weighted by molar-refractivity contribution is -0.124. The first kappa shape index (κ1) is 19.3. The minimum atomic E-state index is -0.0551. The second-order valence-electron chi connectivity index (χ2n) is 6.19. The van der Waals surface area contributed by atoms with Crippen LogP contribution in [0.5, 0.6) is 11.5 Å². The van der Waals surface area contributed by atoms with E-state index in [0.29, 0.717) is 31.4 Å². The normalized spacial score (nSPS) is 12.1. The highest BCUT2D eigenvalue weighted by molar-refractivity contribution is 5.78. The maximum atomic E-state index is 11.9. The lowest BCUT2D eigenvalue weighted by Crippen LogP contribution is -2.33. The van der Waals surface area contributed by atoms with Crippen molar-refractivity contribution >= 4 is 5.91 Å². The molecule has 0 aliphatic rings. The van der Waals surface area contributed by atoms with Gasteiger partial charge in [-0.05, 0) is 37.1 Å². The van der Waals surface area contributed by atoms with E-state index in [-0.39, 0.29) is 11.8 Å². The quantitative estimate of drug-likeness (QED) is 0.695. The van der Waals surface area contributed by atoms with Crippen molar-refractivity contribution in [2.75, 3.05) is 27.3 Å².